The Morgan fingerprint density at radius 2 is 2.40 bits per heavy atom. The zero-order chi connectivity index (χ0) is 17.7. The lowest BCUT2D eigenvalue weighted by Gasteiger charge is -2.40. The van der Waals surface area contributed by atoms with Crippen molar-refractivity contribution < 1.29 is 13.9 Å². The number of guanidine groups is 1. The van der Waals surface area contributed by atoms with Crippen LogP contribution in [0.1, 0.15) is 19.3 Å². The van der Waals surface area contributed by atoms with E-state index in [4.69, 9.17) is 4.74 Å². The predicted molar refractivity (Wildman–Crippen MR) is 94.1 cm³/mol. The van der Waals surface area contributed by atoms with E-state index in [0.717, 1.165) is 38.4 Å². The number of piperidine rings is 1. The monoisotopic (exact) mass is 348 g/mol. The molecule has 136 valence electrons. The molecule has 1 aromatic rings. The Morgan fingerprint density at radius 3 is 3.12 bits per heavy atom. The molecule has 25 heavy (non-hydrogen) atoms. The van der Waals surface area contributed by atoms with Crippen LogP contribution in [0.5, 0.6) is 5.75 Å². The predicted octanol–water partition coefficient (Wildman–Crippen LogP) is 1.38. The van der Waals surface area contributed by atoms with Crippen molar-refractivity contribution in [1.29, 1.82) is 0 Å². The second kappa shape index (κ2) is 7.72. The Morgan fingerprint density at radius 1 is 1.52 bits per heavy atom. The molecule has 7 heteroatoms. The van der Waals surface area contributed by atoms with E-state index in [0.29, 0.717) is 25.3 Å². The number of nitrogens with one attached hydrogen (secondary N) is 2. The molecule has 2 aliphatic rings. The summed E-state index contributed by atoms with van der Waals surface area (Å²) in [5, 5.41) is 6.25. The molecule has 0 saturated carbocycles. The Kier molecular flexibility index (Phi) is 5.40. The summed E-state index contributed by atoms with van der Waals surface area (Å²) in [5.74, 6) is 1.18. The minimum absolute atomic E-state index is 0.0328. The summed E-state index contributed by atoms with van der Waals surface area (Å²) in [6.07, 6.45) is 2.72. The van der Waals surface area contributed by atoms with Crippen LogP contribution in [-0.4, -0.2) is 56.6 Å². The summed E-state index contributed by atoms with van der Waals surface area (Å²) in [6, 6.07) is 6.12. The first-order chi connectivity index (χ1) is 12.1. The van der Waals surface area contributed by atoms with Gasteiger partial charge in [-0.2, -0.15) is 0 Å². The van der Waals surface area contributed by atoms with Gasteiger partial charge in [-0.05, 0) is 25.0 Å². The minimum Gasteiger partial charge on any atom is -0.492 e. The summed E-state index contributed by atoms with van der Waals surface area (Å²) in [5.41, 5.74) is 0.0328. The number of benzene rings is 1. The van der Waals surface area contributed by atoms with Crippen LogP contribution in [0, 0.1) is 11.2 Å². The second-order valence-corrected chi connectivity index (χ2v) is 6.76. The molecule has 6 nitrogen and oxygen atoms in total. The molecule has 2 aliphatic heterocycles. The van der Waals surface area contributed by atoms with Gasteiger partial charge < -0.3 is 20.3 Å². The van der Waals surface area contributed by atoms with Crippen LogP contribution in [0.25, 0.3) is 0 Å². The Labute approximate surface area is 147 Å². The van der Waals surface area contributed by atoms with Crippen molar-refractivity contribution in [3.8, 4) is 5.75 Å². The first-order valence-corrected chi connectivity index (χ1v) is 8.71. The molecule has 2 fully saturated rings. The highest BCUT2D eigenvalue weighted by atomic mass is 19.1. The van der Waals surface area contributed by atoms with Crippen LogP contribution in [-0.2, 0) is 4.79 Å². The molecule has 1 amide bonds. The van der Waals surface area contributed by atoms with Crippen molar-refractivity contribution in [2.24, 2.45) is 10.4 Å². The number of amides is 1. The van der Waals surface area contributed by atoms with Crippen molar-refractivity contribution in [3.05, 3.63) is 30.1 Å². The summed E-state index contributed by atoms with van der Waals surface area (Å²) in [4.78, 5) is 18.2. The molecular formula is C18H25FN4O2. The molecule has 2 N–H and O–H groups in total. The lowest BCUT2D eigenvalue weighted by atomic mass is 9.79. The van der Waals surface area contributed by atoms with Gasteiger partial charge in [0, 0.05) is 44.6 Å². The summed E-state index contributed by atoms with van der Waals surface area (Å²) < 4.78 is 18.7. The number of likely N-dealkylation sites (tertiary alicyclic amines) is 1. The molecule has 0 aliphatic carbocycles. The number of nitrogens with zero attached hydrogens (tertiary/aromatic N) is 2. The van der Waals surface area contributed by atoms with E-state index in [-0.39, 0.29) is 17.1 Å². The van der Waals surface area contributed by atoms with E-state index >= 15 is 0 Å². The Hall–Kier alpha value is -2.31. The van der Waals surface area contributed by atoms with Crippen LogP contribution >= 0.6 is 0 Å². The number of ether oxygens (including phenoxy) is 1. The maximum atomic E-state index is 13.1. The van der Waals surface area contributed by atoms with E-state index in [9.17, 15) is 9.18 Å². The van der Waals surface area contributed by atoms with Gasteiger partial charge in [-0.15, -0.1) is 0 Å². The van der Waals surface area contributed by atoms with Crippen LogP contribution in [0.4, 0.5) is 4.39 Å². The van der Waals surface area contributed by atoms with Gasteiger partial charge >= 0.3 is 0 Å². The van der Waals surface area contributed by atoms with Crippen molar-refractivity contribution in [3.63, 3.8) is 0 Å². The number of rotatable bonds is 4. The van der Waals surface area contributed by atoms with Crippen LogP contribution < -0.4 is 15.4 Å². The largest absolute Gasteiger partial charge is 0.492 e. The molecule has 0 radical (unpaired) electrons. The van der Waals surface area contributed by atoms with Crippen molar-refractivity contribution in [1.82, 2.24) is 15.5 Å². The molecule has 0 bridgehead atoms. The lowest BCUT2D eigenvalue weighted by Crippen LogP contribution is -2.51. The second-order valence-electron chi connectivity index (χ2n) is 6.76. The molecule has 2 heterocycles. The summed E-state index contributed by atoms with van der Waals surface area (Å²) in [7, 11) is 1.76. The smallest absolute Gasteiger partial charge is 0.220 e. The summed E-state index contributed by atoms with van der Waals surface area (Å²) in [6.45, 7) is 3.50. The average Bonchev–Trinajstić information content (AvgIpc) is 2.95. The molecule has 1 atom stereocenters. The van der Waals surface area contributed by atoms with Gasteiger partial charge in [-0.25, -0.2) is 4.39 Å². The standard InChI is InChI=1S/C18H25FN4O2/c1-20-17(21-7-9-25-15-5-2-4-14(19)10-15)23-8-3-6-18(13-23)11-16(24)22-12-18/h2,4-5,10H,3,6-9,11-13H2,1H3,(H,20,21)(H,22,24). The fraction of sp³-hybridized carbons (Fsp3) is 0.556. The van der Waals surface area contributed by atoms with Gasteiger partial charge in [0.1, 0.15) is 18.2 Å². The highest BCUT2D eigenvalue weighted by Crippen LogP contribution is 2.35. The third-order valence-electron chi connectivity index (χ3n) is 4.82. The van der Waals surface area contributed by atoms with Gasteiger partial charge in [-0.3, -0.25) is 9.79 Å². The number of aliphatic imine (C=N–C) groups is 1. The third kappa shape index (κ3) is 4.41. The van der Waals surface area contributed by atoms with E-state index in [1.54, 1.807) is 19.2 Å². The molecule has 1 unspecified atom stereocenters. The number of hydrogen-bond donors (Lipinski definition) is 2. The van der Waals surface area contributed by atoms with Crippen LogP contribution in [0.15, 0.2) is 29.3 Å². The lowest BCUT2D eigenvalue weighted by molar-refractivity contribution is -0.119. The van der Waals surface area contributed by atoms with Crippen molar-refractivity contribution in [2.45, 2.75) is 19.3 Å². The number of halogens is 1. The maximum Gasteiger partial charge on any atom is 0.220 e. The van der Waals surface area contributed by atoms with Gasteiger partial charge in [0.2, 0.25) is 5.91 Å². The Bertz CT molecular complexity index is 652. The van der Waals surface area contributed by atoms with E-state index in [1.165, 1.54) is 12.1 Å². The molecule has 1 spiro atoms. The number of carbonyl (C=O) groups is 1. The van der Waals surface area contributed by atoms with Gasteiger partial charge in [0.05, 0.1) is 6.54 Å². The third-order valence-corrected chi connectivity index (χ3v) is 4.82. The van der Waals surface area contributed by atoms with Crippen molar-refractivity contribution >= 4 is 11.9 Å². The topological polar surface area (TPSA) is 66.0 Å². The first-order valence-electron chi connectivity index (χ1n) is 8.71. The number of hydrogen-bond acceptors (Lipinski definition) is 3. The van der Waals surface area contributed by atoms with Gasteiger partial charge in [-0.1, -0.05) is 6.07 Å². The molecular weight excluding hydrogens is 323 g/mol. The molecule has 0 aromatic heterocycles. The normalized spacial score (nSPS) is 23.7. The fourth-order valence-corrected chi connectivity index (χ4v) is 3.65. The summed E-state index contributed by atoms with van der Waals surface area (Å²) >= 11 is 0. The van der Waals surface area contributed by atoms with E-state index in [1.807, 2.05) is 0 Å². The van der Waals surface area contributed by atoms with E-state index in [2.05, 4.69) is 20.5 Å². The maximum absolute atomic E-state index is 13.1. The SMILES string of the molecule is CN=C(NCCOc1cccc(F)c1)N1CCCC2(CNC(=O)C2)C1. The van der Waals surface area contributed by atoms with Gasteiger partial charge in [0.25, 0.3) is 0 Å². The average molecular weight is 348 g/mol. The van der Waals surface area contributed by atoms with Gasteiger partial charge in [0.15, 0.2) is 5.96 Å². The quantitative estimate of drug-likeness (QED) is 0.490. The number of carbonyl (C=O) groups excluding carboxylic acids is 1. The molecule has 2 saturated heterocycles. The fourth-order valence-electron chi connectivity index (χ4n) is 3.65. The minimum atomic E-state index is -0.306. The zero-order valence-corrected chi connectivity index (χ0v) is 14.6. The molecule has 3 rings (SSSR count). The van der Waals surface area contributed by atoms with Crippen LogP contribution in [0.3, 0.4) is 0 Å². The van der Waals surface area contributed by atoms with Crippen molar-refractivity contribution in [2.75, 3.05) is 39.8 Å². The Balaban J connectivity index is 1.48. The first kappa shape index (κ1) is 17.5. The zero-order valence-electron chi connectivity index (χ0n) is 14.6. The van der Waals surface area contributed by atoms with E-state index < -0.39 is 0 Å². The molecule has 1 aromatic carbocycles. The highest BCUT2D eigenvalue weighted by Gasteiger charge is 2.42. The highest BCUT2D eigenvalue weighted by molar-refractivity contribution is 5.81. The van der Waals surface area contributed by atoms with Crippen LogP contribution in [0.2, 0.25) is 0 Å².